The number of benzene rings is 2. The van der Waals surface area contributed by atoms with E-state index >= 15 is 0 Å². The van der Waals surface area contributed by atoms with E-state index in [2.05, 4.69) is 0 Å². The van der Waals surface area contributed by atoms with Crippen LogP contribution in [0.25, 0.3) is 0 Å². The maximum Gasteiger partial charge on any atom is 0.377 e. The van der Waals surface area contributed by atoms with E-state index in [9.17, 15) is 9.59 Å². The first-order valence-corrected chi connectivity index (χ1v) is 6.71. The fourth-order valence-corrected chi connectivity index (χ4v) is 2.12. The first kappa shape index (κ1) is 13.5. The zero-order chi connectivity index (χ0) is 14.7. The van der Waals surface area contributed by atoms with Crippen LogP contribution in [-0.4, -0.2) is 17.9 Å². The molecule has 1 heterocycles. The summed E-state index contributed by atoms with van der Waals surface area (Å²) in [5.74, 6) is -1.47. The summed E-state index contributed by atoms with van der Waals surface area (Å²) in [6.07, 6.45) is -1.04. The van der Waals surface area contributed by atoms with Gasteiger partial charge in [-0.1, -0.05) is 60.7 Å². The lowest BCUT2D eigenvalue weighted by atomic mass is 10.1. The molecule has 0 unspecified atom stereocenters. The van der Waals surface area contributed by atoms with Crippen molar-refractivity contribution in [2.45, 2.75) is 18.8 Å². The van der Waals surface area contributed by atoms with Crippen molar-refractivity contribution in [3.8, 4) is 0 Å². The molecule has 0 N–H and O–H groups in total. The summed E-state index contributed by atoms with van der Waals surface area (Å²) >= 11 is 0. The van der Waals surface area contributed by atoms with Crippen molar-refractivity contribution in [2.75, 3.05) is 0 Å². The Morgan fingerprint density at radius 1 is 0.952 bits per heavy atom. The van der Waals surface area contributed by atoms with Gasteiger partial charge in [0.2, 0.25) is 0 Å². The van der Waals surface area contributed by atoms with Gasteiger partial charge in [0.25, 0.3) is 5.78 Å². The molecule has 2 aromatic carbocycles. The van der Waals surface area contributed by atoms with E-state index in [0.717, 1.165) is 11.1 Å². The van der Waals surface area contributed by atoms with Crippen LogP contribution in [0, 0.1) is 0 Å². The Morgan fingerprint density at radius 2 is 1.57 bits per heavy atom. The van der Waals surface area contributed by atoms with E-state index in [1.807, 2.05) is 60.7 Å². The molecule has 2 aromatic rings. The number of ketones is 1. The quantitative estimate of drug-likeness (QED) is 0.480. The highest BCUT2D eigenvalue weighted by Crippen LogP contribution is 2.39. The normalized spacial score (nSPS) is 19.8. The average Bonchev–Trinajstić information content (AvgIpc) is 3.34. The van der Waals surface area contributed by atoms with Crippen LogP contribution in [-0.2, 0) is 25.7 Å². The zero-order valence-electron chi connectivity index (χ0n) is 11.3. The van der Waals surface area contributed by atoms with Gasteiger partial charge in [-0.3, -0.25) is 4.79 Å². The summed E-state index contributed by atoms with van der Waals surface area (Å²) in [5.41, 5.74) is 1.74. The number of carbonyl (C=O) groups excluding carboxylic acids is 2. The van der Waals surface area contributed by atoms with Gasteiger partial charge in [0.1, 0.15) is 12.7 Å². The summed E-state index contributed by atoms with van der Waals surface area (Å²) in [7, 11) is 0. The molecule has 1 aliphatic heterocycles. The van der Waals surface area contributed by atoms with Gasteiger partial charge >= 0.3 is 5.97 Å². The smallest absolute Gasteiger partial charge is 0.377 e. The highest BCUT2D eigenvalue weighted by atomic mass is 16.6. The number of hydrogen-bond acceptors (Lipinski definition) is 4. The van der Waals surface area contributed by atoms with Crippen molar-refractivity contribution in [1.82, 2.24) is 0 Å². The molecule has 0 bridgehead atoms. The molecule has 21 heavy (non-hydrogen) atoms. The molecule has 1 aliphatic rings. The Bertz CT molecular complexity index is 636. The molecular weight excluding hydrogens is 268 g/mol. The van der Waals surface area contributed by atoms with Crippen molar-refractivity contribution >= 4 is 11.8 Å². The second kappa shape index (κ2) is 5.89. The van der Waals surface area contributed by atoms with Gasteiger partial charge in [-0.05, 0) is 11.1 Å². The number of esters is 1. The van der Waals surface area contributed by atoms with Crippen LogP contribution in [0.1, 0.15) is 17.2 Å². The third kappa shape index (κ3) is 3.17. The Labute approximate surface area is 122 Å². The number of Topliss-reactive ketones (excluding diaryl/α,β-unsaturated/α-hetero) is 1. The fraction of sp³-hybridized carbons (Fsp3) is 0.176. The van der Waals surface area contributed by atoms with Gasteiger partial charge in [0.15, 0.2) is 6.10 Å². The summed E-state index contributed by atoms with van der Waals surface area (Å²) in [4.78, 5) is 23.6. The number of rotatable bonds is 5. The van der Waals surface area contributed by atoms with Crippen molar-refractivity contribution in [2.24, 2.45) is 0 Å². The van der Waals surface area contributed by atoms with Gasteiger partial charge in [-0.2, -0.15) is 0 Å². The van der Waals surface area contributed by atoms with Gasteiger partial charge < -0.3 is 9.47 Å². The molecule has 0 spiro atoms. The van der Waals surface area contributed by atoms with Crippen molar-refractivity contribution in [3.05, 3.63) is 71.8 Å². The second-order valence-electron chi connectivity index (χ2n) is 4.81. The lowest BCUT2D eigenvalue weighted by Gasteiger charge is -2.02. The minimum absolute atomic E-state index is 0.0914. The summed E-state index contributed by atoms with van der Waals surface area (Å²) in [6, 6.07) is 18.6. The molecule has 1 fully saturated rings. The standard InChI is InChI=1S/C17H14O4/c18-14(16-15(21-16)13-9-5-2-6-10-13)17(19)20-11-12-7-3-1-4-8-12/h1-10,15-16H,11H2/t15-,16-/m1/s1. The van der Waals surface area contributed by atoms with Crippen LogP contribution in [0.4, 0.5) is 0 Å². The topological polar surface area (TPSA) is 55.9 Å². The predicted octanol–water partition coefficient (Wildman–Crippen LogP) is 2.44. The Hall–Kier alpha value is -2.46. The first-order valence-electron chi connectivity index (χ1n) is 6.71. The molecule has 0 saturated carbocycles. The molecule has 4 heteroatoms. The number of hydrogen-bond donors (Lipinski definition) is 0. The molecule has 1 saturated heterocycles. The van der Waals surface area contributed by atoms with Crippen molar-refractivity contribution in [3.63, 3.8) is 0 Å². The van der Waals surface area contributed by atoms with Gasteiger partial charge in [-0.15, -0.1) is 0 Å². The third-order valence-corrected chi connectivity index (χ3v) is 3.29. The highest BCUT2D eigenvalue weighted by Gasteiger charge is 2.49. The molecule has 4 nitrogen and oxygen atoms in total. The molecule has 0 aromatic heterocycles. The molecule has 0 amide bonds. The minimum Gasteiger partial charge on any atom is -0.455 e. The van der Waals surface area contributed by atoms with Crippen molar-refractivity contribution < 1.29 is 19.1 Å². The lowest BCUT2D eigenvalue weighted by molar-refractivity contribution is -0.155. The highest BCUT2D eigenvalue weighted by molar-refractivity contribution is 6.36. The Balaban J connectivity index is 1.53. The van der Waals surface area contributed by atoms with Crippen LogP contribution in [0.2, 0.25) is 0 Å². The lowest BCUT2D eigenvalue weighted by Crippen LogP contribution is -2.22. The Morgan fingerprint density at radius 3 is 2.24 bits per heavy atom. The van der Waals surface area contributed by atoms with Gasteiger partial charge in [0, 0.05) is 0 Å². The number of epoxide rings is 1. The predicted molar refractivity (Wildman–Crippen MR) is 75.3 cm³/mol. The van der Waals surface area contributed by atoms with Crippen LogP contribution in [0.3, 0.4) is 0 Å². The molecule has 106 valence electrons. The van der Waals surface area contributed by atoms with E-state index < -0.39 is 17.9 Å². The van der Waals surface area contributed by atoms with Gasteiger partial charge in [-0.25, -0.2) is 4.79 Å². The van der Waals surface area contributed by atoms with Crippen LogP contribution < -0.4 is 0 Å². The summed E-state index contributed by atoms with van der Waals surface area (Å²) < 4.78 is 10.3. The van der Waals surface area contributed by atoms with E-state index in [-0.39, 0.29) is 12.7 Å². The van der Waals surface area contributed by atoms with E-state index in [1.54, 1.807) is 0 Å². The third-order valence-electron chi connectivity index (χ3n) is 3.29. The van der Waals surface area contributed by atoms with Crippen LogP contribution in [0.5, 0.6) is 0 Å². The maximum absolute atomic E-state index is 11.9. The summed E-state index contributed by atoms with van der Waals surface area (Å²) in [5, 5.41) is 0. The van der Waals surface area contributed by atoms with Crippen molar-refractivity contribution in [1.29, 1.82) is 0 Å². The molecular formula is C17H14O4. The second-order valence-corrected chi connectivity index (χ2v) is 4.81. The van der Waals surface area contributed by atoms with E-state index in [1.165, 1.54) is 0 Å². The number of ether oxygens (including phenoxy) is 2. The first-order chi connectivity index (χ1) is 10.3. The number of carbonyl (C=O) groups is 2. The van der Waals surface area contributed by atoms with Crippen LogP contribution in [0.15, 0.2) is 60.7 Å². The van der Waals surface area contributed by atoms with Crippen LogP contribution >= 0.6 is 0 Å². The monoisotopic (exact) mass is 282 g/mol. The largest absolute Gasteiger partial charge is 0.455 e. The molecule has 0 radical (unpaired) electrons. The molecule has 2 atom stereocenters. The summed E-state index contributed by atoms with van der Waals surface area (Å²) in [6.45, 7) is 0.0914. The van der Waals surface area contributed by atoms with E-state index in [4.69, 9.17) is 9.47 Å². The van der Waals surface area contributed by atoms with Gasteiger partial charge in [0.05, 0.1) is 0 Å². The zero-order valence-corrected chi connectivity index (χ0v) is 11.3. The SMILES string of the molecule is O=C(OCc1ccccc1)C(=O)[C@H]1O[C@@H]1c1ccccc1. The molecule has 0 aliphatic carbocycles. The Kier molecular flexibility index (Phi) is 3.79. The minimum atomic E-state index is -0.845. The molecule has 3 rings (SSSR count). The fourth-order valence-electron chi connectivity index (χ4n) is 2.12. The maximum atomic E-state index is 11.9. The van der Waals surface area contributed by atoms with E-state index in [0.29, 0.717) is 0 Å². The average molecular weight is 282 g/mol.